The van der Waals surface area contributed by atoms with Crippen LogP contribution in [0.15, 0.2) is 48.5 Å². The molecule has 0 aliphatic carbocycles. The number of hydrogen-bond donors (Lipinski definition) is 1. The van der Waals surface area contributed by atoms with E-state index in [0.717, 1.165) is 23.2 Å². The summed E-state index contributed by atoms with van der Waals surface area (Å²) in [5.74, 6) is -0.756. The molecule has 6 nitrogen and oxygen atoms in total. The van der Waals surface area contributed by atoms with E-state index in [1.165, 1.54) is 0 Å². The second kappa shape index (κ2) is 8.49. The van der Waals surface area contributed by atoms with E-state index >= 15 is 0 Å². The number of rotatable bonds is 6. The van der Waals surface area contributed by atoms with Crippen LogP contribution in [0.4, 0.5) is 5.69 Å². The van der Waals surface area contributed by atoms with Gasteiger partial charge in [-0.3, -0.25) is 14.4 Å². The van der Waals surface area contributed by atoms with Crippen LogP contribution in [-0.4, -0.2) is 30.9 Å². The van der Waals surface area contributed by atoms with E-state index < -0.39 is 5.97 Å². The summed E-state index contributed by atoms with van der Waals surface area (Å²) >= 11 is 0. The van der Waals surface area contributed by atoms with Crippen LogP contribution in [0, 0.1) is 6.92 Å². The number of nitrogens with zero attached hydrogens (tertiary/aromatic N) is 1. The first-order valence-corrected chi connectivity index (χ1v) is 8.93. The third-order valence-electron chi connectivity index (χ3n) is 4.43. The predicted molar refractivity (Wildman–Crippen MR) is 101 cm³/mol. The number of aryl methyl sites for hydroxylation is 1. The molecule has 1 aliphatic heterocycles. The first kappa shape index (κ1) is 18.6. The molecule has 6 heteroatoms. The number of benzene rings is 2. The lowest BCUT2D eigenvalue weighted by atomic mass is 10.2. The number of amides is 2. The lowest BCUT2D eigenvalue weighted by molar-refractivity contribution is -0.143. The molecule has 1 saturated heterocycles. The second-order valence-electron chi connectivity index (χ2n) is 6.52. The van der Waals surface area contributed by atoms with Gasteiger partial charge in [0.2, 0.25) is 5.91 Å². The molecule has 0 atom stereocenters. The first-order chi connectivity index (χ1) is 13.0. The molecular weight excluding hydrogens is 344 g/mol. The summed E-state index contributed by atoms with van der Waals surface area (Å²) < 4.78 is 5.15. The van der Waals surface area contributed by atoms with E-state index in [1.807, 2.05) is 31.2 Å². The highest BCUT2D eigenvalue weighted by Gasteiger charge is 2.21. The van der Waals surface area contributed by atoms with E-state index in [9.17, 15) is 14.4 Å². The summed E-state index contributed by atoms with van der Waals surface area (Å²) in [6, 6.07) is 14.5. The molecular formula is C21H22N2O4. The summed E-state index contributed by atoms with van der Waals surface area (Å²) in [6.07, 6.45) is 1.42. The summed E-state index contributed by atoms with van der Waals surface area (Å²) in [4.78, 5) is 37.4. The van der Waals surface area contributed by atoms with Crippen molar-refractivity contribution in [3.05, 3.63) is 65.2 Å². The van der Waals surface area contributed by atoms with Crippen LogP contribution in [0.1, 0.15) is 34.3 Å². The summed E-state index contributed by atoms with van der Waals surface area (Å²) in [5.41, 5.74) is 3.24. The third-order valence-corrected chi connectivity index (χ3v) is 4.43. The summed E-state index contributed by atoms with van der Waals surface area (Å²) in [6.45, 7) is 2.67. The van der Waals surface area contributed by atoms with Crippen molar-refractivity contribution in [2.75, 3.05) is 18.0 Å². The largest absolute Gasteiger partial charge is 0.460 e. The molecule has 1 aliphatic rings. The van der Waals surface area contributed by atoms with E-state index in [4.69, 9.17) is 4.74 Å². The zero-order valence-corrected chi connectivity index (χ0v) is 15.2. The quantitative estimate of drug-likeness (QED) is 0.798. The summed E-state index contributed by atoms with van der Waals surface area (Å²) in [5, 5.41) is 2.55. The molecule has 0 saturated carbocycles. The van der Waals surface area contributed by atoms with Crippen LogP contribution in [0.25, 0.3) is 0 Å². The smallest absolute Gasteiger partial charge is 0.325 e. The fourth-order valence-electron chi connectivity index (χ4n) is 2.87. The fourth-order valence-corrected chi connectivity index (χ4v) is 2.87. The Bertz CT molecular complexity index is 828. The maximum Gasteiger partial charge on any atom is 0.325 e. The molecule has 2 aromatic rings. The minimum absolute atomic E-state index is 0.100. The minimum atomic E-state index is -0.497. The van der Waals surface area contributed by atoms with Crippen molar-refractivity contribution < 1.29 is 19.1 Å². The van der Waals surface area contributed by atoms with Crippen LogP contribution in [-0.2, 0) is 20.9 Å². The van der Waals surface area contributed by atoms with Crippen LogP contribution in [0.2, 0.25) is 0 Å². The van der Waals surface area contributed by atoms with Crippen molar-refractivity contribution in [3.8, 4) is 0 Å². The topological polar surface area (TPSA) is 75.7 Å². The first-order valence-electron chi connectivity index (χ1n) is 8.93. The van der Waals surface area contributed by atoms with Gasteiger partial charge in [-0.1, -0.05) is 29.8 Å². The van der Waals surface area contributed by atoms with Gasteiger partial charge in [0.1, 0.15) is 13.2 Å². The Kier molecular flexibility index (Phi) is 5.86. The second-order valence-corrected chi connectivity index (χ2v) is 6.52. The van der Waals surface area contributed by atoms with Gasteiger partial charge in [0.05, 0.1) is 0 Å². The number of ether oxygens (including phenoxy) is 1. The van der Waals surface area contributed by atoms with Crippen LogP contribution in [0.3, 0.4) is 0 Å². The number of esters is 1. The normalized spacial score (nSPS) is 13.5. The Balaban J connectivity index is 1.46. The van der Waals surface area contributed by atoms with Crippen molar-refractivity contribution >= 4 is 23.5 Å². The van der Waals surface area contributed by atoms with Crippen molar-refractivity contribution in [1.82, 2.24) is 5.32 Å². The van der Waals surface area contributed by atoms with E-state index in [1.54, 1.807) is 29.2 Å². The minimum Gasteiger partial charge on any atom is -0.460 e. The van der Waals surface area contributed by atoms with Gasteiger partial charge in [-0.2, -0.15) is 0 Å². The Morgan fingerprint density at radius 2 is 1.78 bits per heavy atom. The lowest BCUT2D eigenvalue weighted by Gasteiger charge is -2.15. The molecule has 1 N–H and O–H groups in total. The van der Waals surface area contributed by atoms with E-state index in [0.29, 0.717) is 18.5 Å². The molecule has 3 rings (SSSR count). The van der Waals surface area contributed by atoms with Gasteiger partial charge < -0.3 is 15.0 Å². The Hall–Kier alpha value is -3.15. The van der Waals surface area contributed by atoms with Gasteiger partial charge >= 0.3 is 5.97 Å². The molecule has 1 heterocycles. The average molecular weight is 366 g/mol. The number of hydrogen-bond acceptors (Lipinski definition) is 4. The van der Waals surface area contributed by atoms with Gasteiger partial charge in [-0.25, -0.2) is 0 Å². The molecule has 2 amide bonds. The molecule has 1 fully saturated rings. The zero-order valence-electron chi connectivity index (χ0n) is 15.2. The van der Waals surface area contributed by atoms with E-state index in [2.05, 4.69) is 5.32 Å². The van der Waals surface area contributed by atoms with Gasteiger partial charge in [0, 0.05) is 24.2 Å². The molecule has 0 aromatic heterocycles. The molecule has 27 heavy (non-hydrogen) atoms. The van der Waals surface area contributed by atoms with Crippen molar-refractivity contribution in [2.45, 2.75) is 26.4 Å². The van der Waals surface area contributed by atoms with Gasteiger partial charge in [0.15, 0.2) is 0 Å². The standard InChI is InChI=1S/C21H22N2O4/c1-15-4-6-16(7-5-15)14-27-20(25)13-22-21(26)17-8-10-18(11-9-17)23-12-2-3-19(23)24/h4-11H,2-3,12-14H2,1H3,(H,22,26). The SMILES string of the molecule is Cc1ccc(COC(=O)CNC(=O)c2ccc(N3CCCC3=O)cc2)cc1. The lowest BCUT2D eigenvalue weighted by Crippen LogP contribution is -2.30. The highest BCUT2D eigenvalue weighted by Crippen LogP contribution is 2.21. The maximum absolute atomic E-state index is 12.2. The molecule has 2 aromatic carbocycles. The Morgan fingerprint density at radius 3 is 2.41 bits per heavy atom. The molecule has 0 unspecified atom stereocenters. The van der Waals surface area contributed by atoms with E-state index in [-0.39, 0.29) is 25.0 Å². The molecule has 0 bridgehead atoms. The number of carbonyl (C=O) groups is 3. The zero-order chi connectivity index (χ0) is 19.2. The highest BCUT2D eigenvalue weighted by molar-refractivity contribution is 5.98. The number of anilines is 1. The molecule has 0 radical (unpaired) electrons. The predicted octanol–water partition coefficient (Wildman–Crippen LogP) is 2.60. The Labute approximate surface area is 158 Å². The molecule has 140 valence electrons. The van der Waals surface area contributed by atoms with Crippen molar-refractivity contribution in [3.63, 3.8) is 0 Å². The average Bonchev–Trinajstić information content (AvgIpc) is 3.11. The Morgan fingerprint density at radius 1 is 1.07 bits per heavy atom. The van der Waals surface area contributed by atoms with Crippen molar-refractivity contribution in [1.29, 1.82) is 0 Å². The summed E-state index contributed by atoms with van der Waals surface area (Å²) in [7, 11) is 0. The van der Waals surface area contributed by atoms with Gasteiger partial charge in [-0.15, -0.1) is 0 Å². The van der Waals surface area contributed by atoms with Crippen molar-refractivity contribution in [2.24, 2.45) is 0 Å². The maximum atomic E-state index is 12.2. The number of nitrogens with one attached hydrogen (secondary N) is 1. The molecule has 0 spiro atoms. The van der Waals surface area contributed by atoms with Crippen LogP contribution < -0.4 is 10.2 Å². The fraction of sp³-hybridized carbons (Fsp3) is 0.286. The van der Waals surface area contributed by atoms with Crippen LogP contribution in [0.5, 0.6) is 0 Å². The third kappa shape index (κ3) is 4.94. The van der Waals surface area contributed by atoms with Gasteiger partial charge in [-0.05, 0) is 43.2 Å². The van der Waals surface area contributed by atoms with Crippen LogP contribution >= 0.6 is 0 Å². The number of carbonyl (C=O) groups excluding carboxylic acids is 3. The van der Waals surface area contributed by atoms with Gasteiger partial charge in [0.25, 0.3) is 5.91 Å². The highest BCUT2D eigenvalue weighted by atomic mass is 16.5. The monoisotopic (exact) mass is 366 g/mol.